The first-order chi connectivity index (χ1) is 9.79. The predicted octanol–water partition coefficient (Wildman–Crippen LogP) is 2.09. The zero-order valence-electron chi connectivity index (χ0n) is 12.5. The second kappa shape index (κ2) is 8.00. The van der Waals surface area contributed by atoms with E-state index in [1.54, 1.807) is 22.9 Å². The topological polar surface area (TPSA) is 60.9 Å². The number of carbonyl (C=O) groups excluding carboxylic acids is 1. The first-order valence-corrected chi connectivity index (χ1v) is 7.11. The summed E-state index contributed by atoms with van der Waals surface area (Å²) in [6, 6.07) is 7.31. The van der Waals surface area contributed by atoms with E-state index in [1.807, 2.05) is 32.0 Å². The van der Waals surface area contributed by atoms with Crippen LogP contribution < -0.4 is 0 Å². The number of hydrogen-bond donors (Lipinski definition) is 1. The van der Waals surface area contributed by atoms with E-state index in [1.165, 1.54) is 0 Å². The highest BCUT2D eigenvalue weighted by Crippen LogP contribution is 2.12. The van der Waals surface area contributed by atoms with Gasteiger partial charge in [-0.05, 0) is 31.5 Å². The Kier molecular flexibility index (Phi) is 6.65. The number of aliphatic carboxylic acids is 1. The molecule has 0 fully saturated rings. The van der Waals surface area contributed by atoms with Gasteiger partial charge in [0.1, 0.15) is 0 Å². The average molecular weight is 313 g/mol. The van der Waals surface area contributed by atoms with Crippen LogP contribution in [0, 0.1) is 0 Å². The maximum Gasteiger partial charge on any atom is 0.317 e. The van der Waals surface area contributed by atoms with E-state index >= 15 is 0 Å². The van der Waals surface area contributed by atoms with E-state index in [0.717, 1.165) is 5.56 Å². The first kappa shape index (κ1) is 17.5. The fourth-order valence-corrected chi connectivity index (χ4v) is 2.10. The van der Waals surface area contributed by atoms with Crippen molar-refractivity contribution in [1.82, 2.24) is 9.80 Å². The van der Waals surface area contributed by atoms with E-state index in [0.29, 0.717) is 11.6 Å². The molecule has 0 unspecified atom stereocenters. The Morgan fingerprint density at radius 1 is 1.29 bits per heavy atom. The standard InChI is InChI=1S/C15H21ClN2O3/c1-11(2)18(10-15(20)21)9-14(19)17(3)8-12-5-4-6-13(16)7-12/h4-7,11H,8-10H2,1-3H3,(H,20,21). The quantitative estimate of drug-likeness (QED) is 0.837. The van der Waals surface area contributed by atoms with Crippen molar-refractivity contribution in [2.45, 2.75) is 26.4 Å². The Labute approximate surface area is 130 Å². The molecular weight excluding hydrogens is 292 g/mol. The molecule has 0 aliphatic carbocycles. The number of likely N-dealkylation sites (N-methyl/N-ethyl adjacent to an activating group) is 1. The molecule has 21 heavy (non-hydrogen) atoms. The van der Waals surface area contributed by atoms with Crippen LogP contribution in [-0.4, -0.2) is 53.0 Å². The summed E-state index contributed by atoms with van der Waals surface area (Å²) in [6.07, 6.45) is 0. The molecule has 5 nitrogen and oxygen atoms in total. The van der Waals surface area contributed by atoms with Gasteiger partial charge in [-0.2, -0.15) is 0 Å². The van der Waals surface area contributed by atoms with E-state index in [9.17, 15) is 9.59 Å². The van der Waals surface area contributed by atoms with Crippen LogP contribution in [0.1, 0.15) is 19.4 Å². The molecule has 1 amide bonds. The van der Waals surface area contributed by atoms with Crippen molar-refractivity contribution < 1.29 is 14.7 Å². The summed E-state index contributed by atoms with van der Waals surface area (Å²) >= 11 is 5.91. The van der Waals surface area contributed by atoms with Gasteiger partial charge in [0.25, 0.3) is 0 Å². The molecule has 0 saturated heterocycles. The fraction of sp³-hybridized carbons (Fsp3) is 0.467. The molecule has 1 aromatic rings. The second-order valence-electron chi connectivity index (χ2n) is 5.27. The SMILES string of the molecule is CC(C)N(CC(=O)O)CC(=O)N(C)Cc1cccc(Cl)c1. The monoisotopic (exact) mass is 312 g/mol. The Balaban J connectivity index is 2.62. The Hall–Kier alpha value is -1.59. The number of nitrogens with zero attached hydrogens (tertiary/aromatic N) is 2. The number of rotatable bonds is 7. The second-order valence-corrected chi connectivity index (χ2v) is 5.71. The van der Waals surface area contributed by atoms with Crippen molar-refractivity contribution in [2.24, 2.45) is 0 Å². The maximum absolute atomic E-state index is 12.2. The minimum absolute atomic E-state index is 0.00961. The van der Waals surface area contributed by atoms with Gasteiger partial charge >= 0.3 is 5.97 Å². The molecule has 0 spiro atoms. The highest BCUT2D eigenvalue weighted by atomic mass is 35.5. The van der Waals surface area contributed by atoms with Gasteiger partial charge in [-0.3, -0.25) is 14.5 Å². The average Bonchev–Trinajstić information content (AvgIpc) is 2.37. The number of benzene rings is 1. The number of hydrogen-bond acceptors (Lipinski definition) is 3. The first-order valence-electron chi connectivity index (χ1n) is 6.74. The molecule has 1 rings (SSSR count). The van der Waals surface area contributed by atoms with Crippen LogP contribution in [0.4, 0.5) is 0 Å². The molecule has 0 heterocycles. The highest BCUT2D eigenvalue weighted by molar-refractivity contribution is 6.30. The molecule has 0 aromatic heterocycles. The van der Waals surface area contributed by atoms with Crippen molar-refractivity contribution in [3.05, 3.63) is 34.9 Å². The molecule has 1 N–H and O–H groups in total. The molecule has 0 aliphatic rings. The van der Waals surface area contributed by atoms with Crippen LogP contribution in [0.25, 0.3) is 0 Å². The lowest BCUT2D eigenvalue weighted by atomic mass is 10.2. The molecular formula is C15H21ClN2O3. The zero-order chi connectivity index (χ0) is 16.0. The Bertz CT molecular complexity index is 505. The number of carbonyl (C=O) groups is 2. The molecule has 0 bridgehead atoms. The molecule has 1 aromatic carbocycles. The lowest BCUT2D eigenvalue weighted by molar-refractivity contribution is -0.140. The van der Waals surface area contributed by atoms with E-state index in [4.69, 9.17) is 16.7 Å². The van der Waals surface area contributed by atoms with Crippen LogP contribution in [0.5, 0.6) is 0 Å². The molecule has 0 aliphatic heterocycles. The van der Waals surface area contributed by atoms with E-state index in [-0.39, 0.29) is 25.0 Å². The zero-order valence-corrected chi connectivity index (χ0v) is 13.3. The van der Waals surface area contributed by atoms with Crippen molar-refractivity contribution in [3.8, 4) is 0 Å². The van der Waals surface area contributed by atoms with Crippen LogP contribution in [-0.2, 0) is 16.1 Å². The highest BCUT2D eigenvalue weighted by Gasteiger charge is 2.19. The minimum Gasteiger partial charge on any atom is -0.480 e. The summed E-state index contributed by atoms with van der Waals surface area (Å²) in [6.45, 7) is 4.12. The lowest BCUT2D eigenvalue weighted by Crippen LogP contribution is -2.43. The van der Waals surface area contributed by atoms with Crippen LogP contribution in [0.15, 0.2) is 24.3 Å². The smallest absolute Gasteiger partial charge is 0.317 e. The maximum atomic E-state index is 12.2. The molecule has 6 heteroatoms. The van der Waals surface area contributed by atoms with Crippen LogP contribution in [0.3, 0.4) is 0 Å². The molecule has 0 saturated carbocycles. The Morgan fingerprint density at radius 2 is 1.95 bits per heavy atom. The van der Waals surface area contributed by atoms with Crippen molar-refractivity contribution in [1.29, 1.82) is 0 Å². The minimum atomic E-state index is -0.936. The van der Waals surface area contributed by atoms with Crippen LogP contribution in [0.2, 0.25) is 5.02 Å². The van der Waals surface area contributed by atoms with E-state index < -0.39 is 5.97 Å². The van der Waals surface area contributed by atoms with Gasteiger partial charge < -0.3 is 10.0 Å². The summed E-state index contributed by atoms with van der Waals surface area (Å²) in [5.74, 6) is -1.06. The summed E-state index contributed by atoms with van der Waals surface area (Å²) in [7, 11) is 1.70. The third-order valence-corrected chi connectivity index (χ3v) is 3.38. The third kappa shape index (κ3) is 6.14. The van der Waals surface area contributed by atoms with Gasteiger partial charge in [0.2, 0.25) is 5.91 Å². The molecule has 116 valence electrons. The Morgan fingerprint density at radius 3 is 2.48 bits per heavy atom. The van der Waals surface area contributed by atoms with Gasteiger partial charge in [0.15, 0.2) is 0 Å². The van der Waals surface area contributed by atoms with Gasteiger partial charge in [-0.25, -0.2) is 0 Å². The summed E-state index contributed by atoms with van der Waals surface area (Å²) in [5.41, 5.74) is 0.938. The third-order valence-electron chi connectivity index (χ3n) is 3.14. The van der Waals surface area contributed by atoms with E-state index in [2.05, 4.69) is 0 Å². The van der Waals surface area contributed by atoms with Gasteiger partial charge in [-0.1, -0.05) is 23.7 Å². The summed E-state index contributed by atoms with van der Waals surface area (Å²) in [4.78, 5) is 26.2. The number of carboxylic acids is 1. The summed E-state index contributed by atoms with van der Waals surface area (Å²) in [5, 5.41) is 9.50. The fourth-order valence-electron chi connectivity index (χ4n) is 1.89. The van der Waals surface area contributed by atoms with Gasteiger partial charge in [-0.15, -0.1) is 0 Å². The number of halogens is 1. The molecule has 0 atom stereocenters. The largest absolute Gasteiger partial charge is 0.480 e. The van der Waals surface area contributed by atoms with Crippen LogP contribution >= 0.6 is 11.6 Å². The summed E-state index contributed by atoms with van der Waals surface area (Å²) < 4.78 is 0. The van der Waals surface area contributed by atoms with Crippen molar-refractivity contribution in [3.63, 3.8) is 0 Å². The molecule has 0 radical (unpaired) electrons. The van der Waals surface area contributed by atoms with Gasteiger partial charge in [0, 0.05) is 24.7 Å². The van der Waals surface area contributed by atoms with Crippen molar-refractivity contribution >= 4 is 23.5 Å². The number of carboxylic acid groups (broad SMARTS) is 1. The number of amides is 1. The normalized spacial score (nSPS) is 11.0. The van der Waals surface area contributed by atoms with Crippen molar-refractivity contribution in [2.75, 3.05) is 20.1 Å². The van der Waals surface area contributed by atoms with Gasteiger partial charge in [0.05, 0.1) is 13.1 Å². The predicted molar refractivity (Wildman–Crippen MR) is 82.3 cm³/mol. The lowest BCUT2D eigenvalue weighted by Gasteiger charge is -2.26.